The lowest BCUT2D eigenvalue weighted by molar-refractivity contribution is -0.115. The Kier molecular flexibility index (Phi) is 3.41. The van der Waals surface area contributed by atoms with Crippen LogP contribution >= 0.6 is 0 Å². The summed E-state index contributed by atoms with van der Waals surface area (Å²) in [5.74, 6) is 0.960. The third kappa shape index (κ3) is 2.40. The highest BCUT2D eigenvalue weighted by molar-refractivity contribution is 5.91. The summed E-state index contributed by atoms with van der Waals surface area (Å²) in [6.45, 7) is 4.04. The predicted molar refractivity (Wildman–Crippen MR) is 70.2 cm³/mol. The number of aliphatic hydroxyl groups excluding tert-OH is 1. The van der Waals surface area contributed by atoms with Crippen molar-refractivity contribution in [1.29, 1.82) is 0 Å². The van der Waals surface area contributed by atoms with Crippen LogP contribution in [0.5, 0.6) is 5.75 Å². The molecule has 96 valence electrons. The van der Waals surface area contributed by atoms with E-state index in [0.29, 0.717) is 12.8 Å². The van der Waals surface area contributed by atoms with Gasteiger partial charge < -0.3 is 9.84 Å². The van der Waals surface area contributed by atoms with E-state index < -0.39 is 0 Å². The number of carbonyl (C=O) groups excluding carboxylic acids is 1. The fourth-order valence-electron chi connectivity index (χ4n) is 2.71. The molecule has 0 heterocycles. The predicted octanol–water partition coefficient (Wildman–Crippen LogP) is 3.20. The van der Waals surface area contributed by atoms with Crippen LogP contribution in [0.1, 0.15) is 35.4 Å². The molecule has 0 fully saturated rings. The van der Waals surface area contributed by atoms with Crippen LogP contribution in [0.25, 0.3) is 0 Å². The summed E-state index contributed by atoms with van der Waals surface area (Å²) in [5.41, 5.74) is 3.28. The first kappa shape index (κ1) is 12.7. The maximum Gasteiger partial charge on any atom is 0.159 e. The highest BCUT2D eigenvalue weighted by Crippen LogP contribution is 2.38. The number of carbonyl (C=O) groups is 1. The average molecular weight is 246 g/mol. The van der Waals surface area contributed by atoms with E-state index in [1.165, 1.54) is 6.08 Å². The number of rotatable bonds is 2. The van der Waals surface area contributed by atoms with E-state index in [9.17, 15) is 9.90 Å². The van der Waals surface area contributed by atoms with E-state index in [1.807, 2.05) is 19.9 Å². The lowest BCUT2D eigenvalue weighted by Crippen LogP contribution is -2.14. The summed E-state index contributed by atoms with van der Waals surface area (Å²) < 4.78 is 5.42. The summed E-state index contributed by atoms with van der Waals surface area (Å²) >= 11 is 0. The molecule has 0 saturated carbocycles. The minimum Gasteiger partial charge on any atom is -0.512 e. The van der Waals surface area contributed by atoms with Gasteiger partial charge in [0, 0.05) is 30.4 Å². The van der Waals surface area contributed by atoms with Crippen LogP contribution in [0.3, 0.4) is 0 Å². The van der Waals surface area contributed by atoms with Crippen molar-refractivity contribution < 1.29 is 14.6 Å². The van der Waals surface area contributed by atoms with Gasteiger partial charge in [0.15, 0.2) is 5.78 Å². The van der Waals surface area contributed by atoms with E-state index in [0.717, 1.165) is 22.4 Å². The van der Waals surface area contributed by atoms with Gasteiger partial charge in [-0.05, 0) is 31.0 Å². The quantitative estimate of drug-likeness (QED) is 0.871. The molecular formula is C15H18O3. The third-order valence-corrected chi connectivity index (χ3v) is 3.35. The smallest absolute Gasteiger partial charge is 0.159 e. The maximum atomic E-state index is 11.6. The Balaban J connectivity index is 2.45. The second-order valence-corrected chi connectivity index (χ2v) is 4.90. The molecule has 1 unspecified atom stereocenters. The van der Waals surface area contributed by atoms with Gasteiger partial charge in [-0.1, -0.05) is 6.07 Å². The number of hydrogen-bond acceptors (Lipinski definition) is 3. The van der Waals surface area contributed by atoms with Gasteiger partial charge in [-0.15, -0.1) is 0 Å². The van der Waals surface area contributed by atoms with Gasteiger partial charge in [0.2, 0.25) is 0 Å². The van der Waals surface area contributed by atoms with Crippen molar-refractivity contribution in [1.82, 2.24) is 0 Å². The molecule has 1 aliphatic rings. The molecule has 1 N–H and O–H groups in total. The van der Waals surface area contributed by atoms with Crippen LogP contribution in [-0.2, 0) is 4.79 Å². The second kappa shape index (κ2) is 4.84. The van der Waals surface area contributed by atoms with Crippen LogP contribution in [-0.4, -0.2) is 18.0 Å². The van der Waals surface area contributed by atoms with Crippen LogP contribution < -0.4 is 4.74 Å². The molecule has 0 aliphatic heterocycles. The number of allylic oxidation sites excluding steroid dienone is 2. The molecule has 3 nitrogen and oxygen atoms in total. The minimum atomic E-state index is -0.0224. The van der Waals surface area contributed by atoms with Crippen LogP contribution in [0, 0.1) is 13.8 Å². The van der Waals surface area contributed by atoms with Crippen molar-refractivity contribution in [2.45, 2.75) is 32.6 Å². The van der Waals surface area contributed by atoms with Crippen molar-refractivity contribution in [3.8, 4) is 5.75 Å². The van der Waals surface area contributed by atoms with Gasteiger partial charge in [-0.2, -0.15) is 0 Å². The van der Waals surface area contributed by atoms with Gasteiger partial charge in [0.25, 0.3) is 0 Å². The van der Waals surface area contributed by atoms with Crippen molar-refractivity contribution >= 4 is 5.78 Å². The van der Waals surface area contributed by atoms with Gasteiger partial charge in [0.05, 0.1) is 12.9 Å². The zero-order chi connectivity index (χ0) is 13.3. The number of ketones is 1. The molecule has 0 saturated heterocycles. The zero-order valence-electron chi connectivity index (χ0n) is 11.0. The number of benzene rings is 1. The van der Waals surface area contributed by atoms with Crippen molar-refractivity contribution in [2.75, 3.05) is 7.11 Å². The van der Waals surface area contributed by atoms with E-state index in [4.69, 9.17) is 4.74 Å². The molecule has 2 rings (SSSR count). The first-order valence-corrected chi connectivity index (χ1v) is 6.08. The molecule has 0 bridgehead atoms. The Hall–Kier alpha value is -1.77. The Bertz CT molecular complexity index is 515. The van der Waals surface area contributed by atoms with E-state index in [2.05, 4.69) is 6.07 Å². The average Bonchev–Trinajstić information content (AvgIpc) is 2.26. The van der Waals surface area contributed by atoms with Gasteiger partial charge in [-0.3, -0.25) is 4.79 Å². The molecule has 1 aromatic carbocycles. The summed E-state index contributed by atoms with van der Waals surface area (Å²) in [7, 11) is 1.64. The molecule has 1 atom stereocenters. The first-order valence-electron chi connectivity index (χ1n) is 6.08. The Morgan fingerprint density at radius 3 is 2.61 bits per heavy atom. The van der Waals surface area contributed by atoms with E-state index >= 15 is 0 Å². The Morgan fingerprint density at radius 1 is 1.28 bits per heavy atom. The summed E-state index contributed by atoms with van der Waals surface area (Å²) in [5, 5.41) is 9.62. The fraction of sp³-hybridized carbons (Fsp3) is 0.400. The third-order valence-electron chi connectivity index (χ3n) is 3.35. The number of methoxy groups -OCH3 is 1. The van der Waals surface area contributed by atoms with Crippen molar-refractivity contribution in [3.05, 3.63) is 40.7 Å². The molecule has 3 heteroatoms. The molecular weight excluding hydrogens is 228 g/mol. The SMILES string of the molecule is COc1cc(C)cc(C)c1C1CC(=O)C=C(O)C1. The molecule has 0 radical (unpaired) electrons. The second-order valence-electron chi connectivity index (χ2n) is 4.90. The molecule has 0 spiro atoms. The molecule has 1 aliphatic carbocycles. The monoisotopic (exact) mass is 246 g/mol. The number of hydrogen-bond donors (Lipinski definition) is 1. The topological polar surface area (TPSA) is 46.5 Å². The Labute approximate surface area is 107 Å². The van der Waals surface area contributed by atoms with Gasteiger partial charge in [0.1, 0.15) is 5.75 Å². The highest BCUT2D eigenvalue weighted by Gasteiger charge is 2.26. The minimum absolute atomic E-state index is 0.0121. The lowest BCUT2D eigenvalue weighted by Gasteiger charge is -2.24. The summed E-state index contributed by atoms with van der Waals surface area (Å²) in [6.07, 6.45) is 2.27. The molecule has 18 heavy (non-hydrogen) atoms. The standard InChI is InChI=1S/C15H18O3/c1-9-4-10(2)15(14(5-9)18-3)11-6-12(16)8-13(17)7-11/h4-5,8,11,16H,6-7H2,1-3H3. The van der Waals surface area contributed by atoms with E-state index in [-0.39, 0.29) is 17.5 Å². The summed E-state index contributed by atoms with van der Waals surface area (Å²) in [4.78, 5) is 11.6. The van der Waals surface area contributed by atoms with E-state index in [1.54, 1.807) is 7.11 Å². The molecule has 0 amide bonds. The van der Waals surface area contributed by atoms with Gasteiger partial charge >= 0.3 is 0 Å². The molecule has 1 aromatic rings. The first-order chi connectivity index (χ1) is 8.51. The fourth-order valence-corrected chi connectivity index (χ4v) is 2.71. The zero-order valence-corrected chi connectivity index (χ0v) is 11.0. The van der Waals surface area contributed by atoms with Crippen molar-refractivity contribution in [2.24, 2.45) is 0 Å². The number of aryl methyl sites for hydroxylation is 2. The van der Waals surface area contributed by atoms with Crippen molar-refractivity contribution in [3.63, 3.8) is 0 Å². The highest BCUT2D eigenvalue weighted by atomic mass is 16.5. The van der Waals surface area contributed by atoms with Crippen LogP contribution in [0.2, 0.25) is 0 Å². The molecule has 0 aromatic heterocycles. The largest absolute Gasteiger partial charge is 0.512 e. The van der Waals surface area contributed by atoms with Gasteiger partial charge in [-0.25, -0.2) is 0 Å². The maximum absolute atomic E-state index is 11.6. The summed E-state index contributed by atoms with van der Waals surface area (Å²) in [6, 6.07) is 4.06. The number of ether oxygens (including phenoxy) is 1. The normalized spacial score (nSPS) is 19.6. The Morgan fingerprint density at radius 2 is 2.00 bits per heavy atom. The number of aliphatic hydroxyl groups is 1. The van der Waals surface area contributed by atoms with Crippen LogP contribution in [0.15, 0.2) is 24.0 Å². The lowest BCUT2D eigenvalue weighted by atomic mass is 9.83. The van der Waals surface area contributed by atoms with Crippen LogP contribution in [0.4, 0.5) is 0 Å².